The van der Waals surface area contributed by atoms with Crippen LogP contribution in [0.2, 0.25) is 0 Å². The first kappa shape index (κ1) is 12.3. The van der Waals surface area contributed by atoms with Crippen molar-refractivity contribution in [2.24, 2.45) is 5.92 Å². The predicted octanol–water partition coefficient (Wildman–Crippen LogP) is 3.45. The highest BCUT2D eigenvalue weighted by Gasteiger charge is 2.19. The van der Waals surface area contributed by atoms with Gasteiger partial charge in [0.05, 0.1) is 11.4 Å². The van der Waals surface area contributed by atoms with E-state index in [0.717, 1.165) is 35.2 Å². The Morgan fingerprint density at radius 2 is 2.29 bits per heavy atom. The van der Waals surface area contributed by atoms with Gasteiger partial charge in [0.25, 0.3) is 0 Å². The molecule has 0 radical (unpaired) electrons. The monoisotopic (exact) mass is 294 g/mol. The third-order valence-corrected chi connectivity index (χ3v) is 3.39. The molecule has 1 aromatic rings. The van der Waals surface area contributed by atoms with Gasteiger partial charge in [0.2, 0.25) is 5.91 Å². The molecule has 4 heteroatoms. The third-order valence-electron chi connectivity index (χ3n) is 2.95. The second-order valence-electron chi connectivity index (χ2n) is 4.24. The number of aryl methyl sites for hydroxylation is 1. The van der Waals surface area contributed by atoms with Crippen LogP contribution in [0.5, 0.6) is 0 Å². The quantitative estimate of drug-likeness (QED) is 0.670. The topological polar surface area (TPSA) is 42.0 Å². The molecular formula is C13H15BrN2O. The number of nitrogens with one attached hydrogen (secondary N) is 1. The number of rotatable bonds is 2. The van der Waals surface area contributed by atoms with Gasteiger partial charge in [-0.15, -0.1) is 0 Å². The first-order valence-electron chi connectivity index (χ1n) is 5.76. The molecule has 0 aliphatic heterocycles. The number of hydrogen-bond acceptors (Lipinski definition) is 2. The summed E-state index contributed by atoms with van der Waals surface area (Å²) in [6.45, 7) is 1.89. The number of halogens is 1. The molecule has 1 atom stereocenters. The summed E-state index contributed by atoms with van der Waals surface area (Å²) >= 11 is 3.31. The number of carbonyl (C=O) groups excluding carboxylic acids is 1. The van der Waals surface area contributed by atoms with E-state index in [0.29, 0.717) is 0 Å². The first-order valence-corrected chi connectivity index (χ1v) is 6.55. The average Bonchev–Trinajstić information content (AvgIpc) is 2.34. The van der Waals surface area contributed by atoms with Crippen molar-refractivity contribution in [1.29, 1.82) is 0 Å². The number of pyridine rings is 1. The van der Waals surface area contributed by atoms with Crippen molar-refractivity contribution in [2.45, 2.75) is 26.2 Å². The minimum absolute atomic E-state index is 0.0987. The van der Waals surface area contributed by atoms with Gasteiger partial charge in [0.1, 0.15) is 4.60 Å². The predicted molar refractivity (Wildman–Crippen MR) is 71.8 cm³/mol. The molecule has 0 saturated carbocycles. The van der Waals surface area contributed by atoms with E-state index < -0.39 is 0 Å². The molecule has 0 saturated heterocycles. The van der Waals surface area contributed by atoms with Gasteiger partial charge in [-0.05, 0) is 54.2 Å². The minimum Gasteiger partial charge on any atom is -0.324 e. The maximum atomic E-state index is 12.0. The van der Waals surface area contributed by atoms with Crippen LogP contribution < -0.4 is 5.32 Å². The van der Waals surface area contributed by atoms with Gasteiger partial charge < -0.3 is 5.32 Å². The van der Waals surface area contributed by atoms with Gasteiger partial charge >= 0.3 is 0 Å². The molecule has 0 bridgehead atoms. The summed E-state index contributed by atoms with van der Waals surface area (Å²) in [5.74, 6) is 0.199. The van der Waals surface area contributed by atoms with Gasteiger partial charge in [0, 0.05) is 5.92 Å². The van der Waals surface area contributed by atoms with Crippen molar-refractivity contribution in [2.75, 3.05) is 5.32 Å². The Morgan fingerprint density at radius 1 is 1.47 bits per heavy atom. The lowest BCUT2D eigenvalue weighted by Gasteiger charge is -2.17. The number of hydrogen-bond donors (Lipinski definition) is 1. The van der Waals surface area contributed by atoms with E-state index in [4.69, 9.17) is 0 Å². The van der Waals surface area contributed by atoms with E-state index >= 15 is 0 Å². The van der Waals surface area contributed by atoms with Crippen LogP contribution in [0.1, 0.15) is 25.0 Å². The van der Waals surface area contributed by atoms with E-state index in [1.165, 1.54) is 0 Å². The summed E-state index contributed by atoms with van der Waals surface area (Å²) in [5.41, 5.74) is 1.63. The summed E-state index contributed by atoms with van der Waals surface area (Å²) < 4.78 is 0.786. The molecule has 1 heterocycles. The summed E-state index contributed by atoms with van der Waals surface area (Å²) in [6.07, 6.45) is 6.99. The first-order chi connectivity index (χ1) is 8.16. The molecule has 3 nitrogen and oxygen atoms in total. The van der Waals surface area contributed by atoms with Crippen LogP contribution in [-0.4, -0.2) is 10.9 Å². The van der Waals surface area contributed by atoms with Crippen molar-refractivity contribution in [3.63, 3.8) is 0 Å². The fourth-order valence-corrected chi connectivity index (χ4v) is 2.33. The molecule has 1 aliphatic carbocycles. The van der Waals surface area contributed by atoms with E-state index in [-0.39, 0.29) is 11.8 Å². The van der Waals surface area contributed by atoms with Gasteiger partial charge in [-0.2, -0.15) is 0 Å². The van der Waals surface area contributed by atoms with E-state index in [1.807, 2.05) is 19.1 Å². The third kappa shape index (κ3) is 3.16. The molecule has 1 unspecified atom stereocenters. The lowest BCUT2D eigenvalue weighted by atomic mass is 9.93. The van der Waals surface area contributed by atoms with Gasteiger partial charge in [-0.25, -0.2) is 4.98 Å². The Morgan fingerprint density at radius 3 is 2.94 bits per heavy atom. The summed E-state index contributed by atoms with van der Waals surface area (Å²) in [5, 5.41) is 2.95. The summed E-state index contributed by atoms with van der Waals surface area (Å²) in [4.78, 5) is 16.3. The van der Waals surface area contributed by atoms with Crippen molar-refractivity contribution in [3.05, 3.63) is 34.6 Å². The van der Waals surface area contributed by atoms with Crippen molar-refractivity contribution in [3.8, 4) is 0 Å². The Bertz CT molecular complexity index is 457. The Balaban J connectivity index is 2.05. The molecular weight excluding hydrogens is 280 g/mol. The summed E-state index contributed by atoms with van der Waals surface area (Å²) in [6, 6.07) is 3.71. The smallest absolute Gasteiger partial charge is 0.227 e. The molecule has 1 aromatic heterocycles. The number of anilines is 1. The summed E-state index contributed by atoms with van der Waals surface area (Å²) in [7, 11) is 0. The Labute approximate surface area is 109 Å². The molecule has 0 aromatic carbocycles. The maximum absolute atomic E-state index is 12.0. The highest BCUT2D eigenvalue weighted by molar-refractivity contribution is 9.10. The highest BCUT2D eigenvalue weighted by Crippen LogP contribution is 2.22. The van der Waals surface area contributed by atoms with Crippen LogP contribution >= 0.6 is 15.9 Å². The standard InChI is InChI=1S/C13H15BrN2O/c1-9-11(7-8-12(14)15-9)16-13(17)10-5-3-2-4-6-10/h2-3,7-8,10H,4-6H2,1H3,(H,16,17). The van der Waals surface area contributed by atoms with Crippen LogP contribution in [0, 0.1) is 12.8 Å². The molecule has 0 spiro atoms. The van der Waals surface area contributed by atoms with E-state index in [2.05, 4.69) is 38.4 Å². The van der Waals surface area contributed by atoms with Crippen LogP contribution in [0.15, 0.2) is 28.9 Å². The van der Waals surface area contributed by atoms with Crippen molar-refractivity contribution >= 4 is 27.5 Å². The zero-order valence-corrected chi connectivity index (χ0v) is 11.3. The number of allylic oxidation sites excluding steroid dienone is 2. The molecule has 2 rings (SSSR count). The van der Waals surface area contributed by atoms with Gasteiger partial charge in [-0.3, -0.25) is 4.79 Å². The molecule has 1 N–H and O–H groups in total. The van der Waals surface area contributed by atoms with Crippen LogP contribution in [0.4, 0.5) is 5.69 Å². The molecule has 17 heavy (non-hydrogen) atoms. The average molecular weight is 295 g/mol. The highest BCUT2D eigenvalue weighted by atomic mass is 79.9. The normalized spacial score (nSPS) is 19.1. The zero-order valence-electron chi connectivity index (χ0n) is 9.74. The number of amides is 1. The molecule has 1 amide bonds. The number of nitrogens with zero attached hydrogens (tertiary/aromatic N) is 1. The fraction of sp³-hybridized carbons (Fsp3) is 0.385. The maximum Gasteiger partial charge on any atom is 0.227 e. The SMILES string of the molecule is Cc1nc(Br)ccc1NC(=O)C1CC=CCC1. The minimum atomic E-state index is 0.0987. The Kier molecular flexibility index (Phi) is 3.94. The largest absolute Gasteiger partial charge is 0.324 e. The van der Waals surface area contributed by atoms with Crippen LogP contribution in [0.25, 0.3) is 0 Å². The van der Waals surface area contributed by atoms with Crippen LogP contribution in [-0.2, 0) is 4.79 Å². The number of aromatic nitrogens is 1. The molecule has 1 aliphatic rings. The van der Waals surface area contributed by atoms with E-state index in [9.17, 15) is 4.79 Å². The second kappa shape index (κ2) is 5.45. The van der Waals surface area contributed by atoms with Gasteiger partial charge in [-0.1, -0.05) is 12.2 Å². The van der Waals surface area contributed by atoms with Gasteiger partial charge in [0.15, 0.2) is 0 Å². The fourth-order valence-electron chi connectivity index (χ4n) is 1.93. The molecule has 90 valence electrons. The Hall–Kier alpha value is -1.16. The molecule has 0 fully saturated rings. The van der Waals surface area contributed by atoms with Crippen LogP contribution in [0.3, 0.4) is 0 Å². The number of carbonyl (C=O) groups is 1. The van der Waals surface area contributed by atoms with Crippen molar-refractivity contribution in [1.82, 2.24) is 4.98 Å². The lowest BCUT2D eigenvalue weighted by molar-refractivity contribution is -0.120. The zero-order chi connectivity index (χ0) is 12.3. The second-order valence-corrected chi connectivity index (χ2v) is 5.05. The van der Waals surface area contributed by atoms with Crippen molar-refractivity contribution < 1.29 is 4.79 Å². The lowest BCUT2D eigenvalue weighted by Crippen LogP contribution is -2.24. The van der Waals surface area contributed by atoms with E-state index in [1.54, 1.807) is 0 Å².